The fourth-order valence-corrected chi connectivity index (χ4v) is 1.35. The topological polar surface area (TPSA) is 41.5 Å². The van der Waals surface area contributed by atoms with E-state index in [1.165, 1.54) is 6.92 Å². The Bertz CT molecular complexity index is 285. The number of rotatable bonds is 1. The average molecular weight is 247 g/mol. The van der Waals surface area contributed by atoms with Crippen LogP contribution in [0, 0.1) is 0 Å². The largest absolute Gasteiger partial charge is 0.344 e. The Kier molecular flexibility index (Phi) is 3.11. The van der Waals surface area contributed by atoms with Crippen molar-refractivity contribution in [1.29, 1.82) is 0 Å². The molecule has 0 radical (unpaired) electrons. The molecule has 1 atom stereocenters. The second kappa shape index (κ2) is 3.91. The summed E-state index contributed by atoms with van der Waals surface area (Å²) in [6.45, 7) is 1.45. The summed E-state index contributed by atoms with van der Waals surface area (Å²) in [5, 5.41) is 2.66. The summed E-state index contributed by atoms with van der Waals surface area (Å²) in [5.41, 5.74) is 0. The summed E-state index contributed by atoms with van der Waals surface area (Å²) in [4.78, 5) is 15.1. The average Bonchev–Trinajstić information content (AvgIpc) is 1.96. The summed E-state index contributed by atoms with van der Waals surface area (Å²) in [6, 6.07) is -0.253. The summed E-state index contributed by atoms with van der Waals surface area (Å²) in [5.74, 6) is -0.115. The number of carbonyl (C=O) groups is 1. The minimum absolute atomic E-state index is 0.115. The molecule has 1 aliphatic rings. The van der Waals surface area contributed by atoms with Crippen LogP contribution in [0.3, 0.4) is 0 Å². The molecule has 12 heavy (non-hydrogen) atoms. The second-order valence-electron chi connectivity index (χ2n) is 2.33. The Morgan fingerprint density at radius 2 is 2.50 bits per heavy atom. The smallest absolute Gasteiger partial charge is 0.217 e. The van der Waals surface area contributed by atoms with Crippen molar-refractivity contribution < 1.29 is 4.79 Å². The third-order valence-electron chi connectivity index (χ3n) is 1.27. The van der Waals surface area contributed by atoms with Gasteiger partial charge in [-0.1, -0.05) is 12.2 Å². The lowest BCUT2D eigenvalue weighted by Crippen LogP contribution is -2.37. The Balaban J connectivity index is 2.71. The first-order valence-corrected chi connectivity index (χ1v) is 4.52. The van der Waals surface area contributed by atoms with E-state index < -0.39 is 0 Å². The van der Waals surface area contributed by atoms with E-state index in [2.05, 4.69) is 26.2 Å². The van der Waals surface area contributed by atoms with E-state index in [4.69, 9.17) is 12.2 Å². The number of carbonyl (C=O) groups excluding carboxylic acids is 1. The van der Waals surface area contributed by atoms with Crippen LogP contribution in [0.1, 0.15) is 6.92 Å². The molecule has 0 bridgehead atoms. The van der Waals surface area contributed by atoms with Crippen molar-refractivity contribution in [3.8, 4) is 0 Å². The van der Waals surface area contributed by atoms with E-state index in [0.717, 1.165) is 4.48 Å². The fraction of sp³-hybridized carbons (Fsp3) is 0.286. The molecule has 0 fully saturated rings. The number of hydrogen-bond donors (Lipinski definition) is 1. The molecule has 1 rings (SSSR count). The number of dihydropyridines is 1. The third kappa shape index (κ3) is 2.49. The van der Waals surface area contributed by atoms with E-state index in [9.17, 15) is 4.79 Å². The van der Waals surface area contributed by atoms with Crippen molar-refractivity contribution in [3.05, 3.63) is 10.6 Å². The Labute approximate surface area is 84.1 Å². The van der Waals surface area contributed by atoms with E-state index >= 15 is 0 Å². The lowest BCUT2D eigenvalue weighted by Gasteiger charge is -2.15. The number of nitrogens with zero attached hydrogens (tertiary/aromatic N) is 1. The SMILES string of the molecule is CC(=O)NC1C=C(Br)C=NC1=S. The van der Waals surface area contributed by atoms with E-state index in [0.29, 0.717) is 4.99 Å². The van der Waals surface area contributed by atoms with Crippen LogP contribution >= 0.6 is 28.1 Å². The van der Waals surface area contributed by atoms with Gasteiger partial charge in [0.15, 0.2) is 0 Å². The van der Waals surface area contributed by atoms with Crippen LogP contribution < -0.4 is 5.32 Å². The predicted molar refractivity (Wildman–Crippen MR) is 55.7 cm³/mol. The van der Waals surface area contributed by atoms with Gasteiger partial charge in [0.05, 0.1) is 0 Å². The highest BCUT2D eigenvalue weighted by atomic mass is 79.9. The number of thiocarbonyl (C=S) groups is 1. The minimum Gasteiger partial charge on any atom is -0.344 e. The summed E-state index contributed by atoms with van der Waals surface area (Å²) >= 11 is 8.17. The van der Waals surface area contributed by atoms with Gasteiger partial charge in [0.25, 0.3) is 0 Å². The third-order valence-corrected chi connectivity index (χ3v) is 2.09. The van der Waals surface area contributed by atoms with Crippen molar-refractivity contribution >= 4 is 45.3 Å². The lowest BCUT2D eigenvalue weighted by atomic mass is 10.2. The number of allylic oxidation sites excluding steroid dienone is 1. The van der Waals surface area contributed by atoms with E-state index in [1.54, 1.807) is 12.3 Å². The quantitative estimate of drug-likeness (QED) is 0.707. The Morgan fingerprint density at radius 1 is 1.83 bits per heavy atom. The normalized spacial score (nSPS) is 22.0. The van der Waals surface area contributed by atoms with Gasteiger partial charge in [-0.15, -0.1) is 0 Å². The number of aliphatic imine (C=N–C) groups is 1. The maximum atomic E-state index is 10.7. The van der Waals surface area contributed by atoms with Crippen LogP contribution in [0.25, 0.3) is 0 Å². The van der Waals surface area contributed by atoms with Crippen molar-refractivity contribution in [3.63, 3.8) is 0 Å². The van der Waals surface area contributed by atoms with Gasteiger partial charge < -0.3 is 5.32 Å². The van der Waals surface area contributed by atoms with Gasteiger partial charge in [0.1, 0.15) is 11.0 Å². The predicted octanol–water partition coefficient (Wildman–Crippen LogP) is 1.18. The van der Waals surface area contributed by atoms with Crippen LogP contribution in [0.4, 0.5) is 0 Å². The molecule has 1 unspecified atom stereocenters. The first-order chi connectivity index (χ1) is 5.59. The van der Waals surface area contributed by atoms with E-state index in [-0.39, 0.29) is 11.9 Å². The van der Waals surface area contributed by atoms with Crippen molar-refractivity contribution in [1.82, 2.24) is 5.32 Å². The van der Waals surface area contributed by atoms with Crippen molar-refractivity contribution in [2.24, 2.45) is 4.99 Å². The molecule has 0 spiro atoms. The summed E-state index contributed by atoms with van der Waals surface area (Å²) in [6.07, 6.45) is 3.41. The van der Waals surface area contributed by atoms with Crippen LogP contribution in [0.5, 0.6) is 0 Å². The molecule has 1 N–H and O–H groups in total. The monoisotopic (exact) mass is 246 g/mol. The van der Waals surface area contributed by atoms with Crippen LogP contribution in [0.2, 0.25) is 0 Å². The standard InChI is InChI=1S/C7H7BrN2OS/c1-4(11)10-6-2-5(8)3-9-7(6)12/h2-3,6H,1H3,(H,10,11). The van der Waals surface area contributed by atoms with Gasteiger partial charge in [-0.05, 0) is 22.0 Å². The van der Waals surface area contributed by atoms with Gasteiger partial charge in [-0.3, -0.25) is 4.79 Å². The van der Waals surface area contributed by atoms with Gasteiger partial charge >= 0.3 is 0 Å². The molecule has 0 aromatic rings. The van der Waals surface area contributed by atoms with Gasteiger partial charge in [0, 0.05) is 17.6 Å². The maximum absolute atomic E-state index is 10.7. The molecule has 64 valence electrons. The van der Waals surface area contributed by atoms with Crippen molar-refractivity contribution in [2.45, 2.75) is 13.0 Å². The highest BCUT2D eigenvalue weighted by molar-refractivity contribution is 9.12. The Hall–Kier alpha value is -0.550. The van der Waals surface area contributed by atoms with Crippen LogP contribution in [-0.4, -0.2) is 23.2 Å². The molecule has 0 aromatic heterocycles. The number of hydrogen-bond acceptors (Lipinski definition) is 2. The molecule has 1 amide bonds. The van der Waals surface area contributed by atoms with Gasteiger partial charge in [-0.25, -0.2) is 4.99 Å². The molecule has 5 heteroatoms. The molecule has 3 nitrogen and oxygen atoms in total. The minimum atomic E-state index is -0.253. The molecular formula is C7H7BrN2OS. The number of nitrogens with one attached hydrogen (secondary N) is 1. The van der Waals surface area contributed by atoms with Crippen LogP contribution in [-0.2, 0) is 4.79 Å². The number of halogens is 1. The van der Waals surface area contributed by atoms with E-state index in [1.807, 2.05) is 0 Å². The fourth-order valence-electron chi connectivity index (χ4n) is 0.802. The molecule has 1 aliphatic heterocycles. The first-order valence-electron chi connectivity index (χ1n) is 3.32. The lowest BCUT2D eigenvalue weighted by molar-refractivity contribution is -0.119. The van der Waals surface area contributed by atoms with Crippen LogP contribution in [0.15, 0.2) is 15.6 Å². The maximum Gasteiger partial charge on any atom is 0.217 e. The molecular weight excluding hydrogens is 240 g/mol. The zero-order valence-electron chi connectivity index (χ0n) is 6.37. The highest BCUT2D eigenvalue weighted by Gasteiger charge is 2.15. The molecule has 1 heterocycles. The van der Waals surface area contributed by atoms with Gasteiger partial charge in [0.2, 0.25) is 5.91 Å². The summed E-state index contributed by atoms with van der Waals surface area (Å²) < 4.78 is 0.829. The first kappa shape index (κ1) is 9.54. The molecule has 0 aromatic carbocycles. The summed E-state index contributed by atoms with van der Waals surface area (Å²) in [7, 11) is 0. The highest BCUT2D eigenvalue weighted by Crippen LogP contribution is 2.10. The number of amides is 1. The molecule has 0 aliphatic carbocycles. The molecule has 0 saturated carbocycles. The molecule has 0 saturated heterocycles. The van der Waals surface area contributed by atoms with Crippen molar-refractivity contribution in [2.75, 3.05) is 0 Å². The van der Waals surface area contributed by atoms with Gasteiger partial charge in [-0.2, -0.15) is 0 Å². The second-order valence-corrected chi connectivity index (χ2v) is 3.66. The zero-order valence-corrected chi connectivity index (χ0v) is 8.78. The zero-order chi connectivity index (χ0) is 9.14. The Morgan fingerprint density at radius 3 is 3.08 bits per heavy atom.